The van der Waals surface area contributed by atoms with E-state index in [1.165, 1.54) is 0 Å². The Labute approximate surface area is 96.0 Å². The molecule has 0 aliphatic carbocycles. The number of imidazole rings is 1. The number of carbonyl (C=O) groups is 1. The molecule has 3 N–H and O–H groups in total. The highest BCUT2D eigenvalue weighted by atomic mass is 16.1. The maximum atomic E-state index is 10.9. The lowest BCUT2D eigenvalue weighted by Gasteiger charge is -2.25. The van der Waals surface area contributed by atoms with Crippen LogP contribution in [-0.2, 0) is 17.9 Å². The van der Waals surface area contributed by atoms with Gasteiger partial charge in [-0.3, -0.25) is 4.79 Å². The van der Waals surface area contributed by atoms with E-state index in [2.05, 4.69) is 21.8 Å². The van der Waals surface area contributed by atoms with Gasteiger partial charge in [-0.25, -0.2) is 4.98 Å². The van der Waals surface area contributed by atoms with Crippen LogP contribution in [0, 0.1) is 0 Å². The molecule has 16 heavy (non-hydrogen) atoms. The van der Waals surface area contributed by atoms with E-state index in [1.54, 1.807) is 6.33 Å². The second kappa shape index (κ2) is 5.12. The standard InChI is InChI=1S/C11H20N4O/c1-4-15-8-13-6-9(15)7-14-11(2,3)5-10(12)16/h6,8,14H,4-5,7H2,1-3H3,(H2,12,16). The average molecular weight is 224 g/mol. The van der Waals surface area contributed by atoms with E-state index < -0.39 is 0 Å². The van der Waals surface area contributed by atoms with Crippen molar-refractivity contribution in [1.29, 1.82) is 0 Å². The van der Waals surface area contributed by atoms with Crippen LogP contribution in [0.15, 0.2) is 12.5 Å². The average Bonchev–Trinajstić information content (AvgIpc) is 2.59. The minimum Gasteiger partial charge on any atom is -0.370 e. The molecule has 1 amide bonds. The summed E-state index contributed by atoms with van der Waals surface area (Å²) in [4.78, 5) is 14.9. The van der Waals surface area contributed by atoms with Crippen molar-refractivity contribution in [2.24, 2.45) is 5.73 Å². The molecule has 0 bridgehead atoms. The summed E-state index contributed by atoms with van der Waals surface area (Å²) in [5.41, 5.74) is 6.02. The first-order chi connectivity index (χ1) is 7.44. The van der Waals surface area contributed by atoms with Gasteiger partial charge in [-0.05, 0) is 20.8 Å². The molecule has 0 unspecified atom stereocenters. The third kappa shape index (κ3) is 3.66. The molecule has 90 valence electrons. The van der Waals surface area contributed by atoms with Crippen LogP contribution in [0.2, 0.25) is 0 Å². The Morgan fingerprint density at radius 3 is 2.88 bits per heavy atom. The van der Waals surface area contributed by atoms with Crippen molar-refractivity contribution in [2.45, 2.75) is 45.8 Å². The lowest BCUT2D eigenvalue weighted by Crippen LogP contribution is -2.42. The summed E-state index contributed by atoms with van der Waals surface area (Å²) in [7, 11) is 0. The van der Waals surface area contributed by atoms with Gasteiger partial charge in [-0.2, -0.15) is 0 Å². The summed E-state index contributed by atoms with van der Waals surface area (Å²) in [5, 5.41) is 3.31. The maximum Gasteiger partial charge on any atom is 0.219 e. The van der Waals surface area contributed by atoms with Gasteiger partial charge < -0.3 is 15.6 Å². The molecule has 1 heterocycles. The molecule has 0 aliphatic heterocycles. The quantitative estimate of drug-likeness (QED) is 0.745. The van der Waals surface area contributed by atoms with Crippen molar-refractivity contribution in [3.8, 4) is 0 Å². The summed E-state index contributed by atoms with van der Waals surface area (Å²) >= 11 is 0. The molecule has 0 fully saturated rings. The predicted molar refractivity (Wildman–Crippen MR) is 62.6 cm³/mol. The molecule has 0 saturated carbocycles. The van der Waals surface area contributed by atoms with Gasteiger partial charge in [0.15, 0.2) is 0 Å². The van der Waals surface area contributed by atoms with Gasteiger partial charge in [0, 0.05) is 31.2 Å². The van der Waals surface area contributed by atoms with Gasteiger partial charge in [0.25, 0.3) is 0 Å². The topological polar surface area (TPSA) is 72.9 Å². The summed E-state index contributed by atoms with van der Waals surface area (Å²) in [6.45, 7) is 7.58. The Hall–Kier alpha value is -1.36. The van der Waals surface area contributed by atoms with Crippen LogP contribution in [0.5, 0.6) is 0 Å². The van der Waals surface area contributed by atoms with Gasteiger partial charge in [-0.1, -0.05) is 0 Å². The van der Waals surface area contributed by atoms with Crippen LogP contribution in [0.1, 0.15) is 32.9 Å². The van der Waals surface area contributed by atoms with Crippen molar-refractivity contribution < 1.29 is 4.79 Å². The molecule has 0 aromatic carbocycles. The molecule has 0 saturated heterocycles. The SMILES string of the molecule is CCn1cncc1CNC(C)(C)CC(N)=O. The Kier molecular flexibility index (Phi) is 4.06. The number of nitrogens with one attached hydrogen (secondary N) is 1. The molecular weight excluding hydrogens is 204 g/mol. The van der Waals surface area contributed by atoms with Crippen LogP contribution >= 0.6 is 0 Å². The van der Waals surface area contributed by atoms with E-state index in [1.807, 2.05) is 20.0 Å². The third-order valence-electron chi connectivity index (χ3n) is 2.50. The third-order valence-corrected chi connectivity index (χ3v) is 2.50. The zero-order valence-corrected chi connectivity index (χ0v) is 10.2. The molecule has 5 heteroatoms. The molecular formula is C11H20N4O. The highest BCUT2D eigenvalue weighted by Gasteiger charge is 2.20. The molecule has 0 radical (unpaired) electrons. The van der Waals surface area contributed by atoms with Crippen LogP contribution in [0.3, 0.4) is 0 Å². The number of primary amides is 1. The van der Waals surface area contributed by atoms with E-state index in [-0.39, 0.29) is 11.4 Å². The van der Waals surface area contributed by atoms with E-state index in [9.17, 15) is 4.79 Å². The number of carbonyl (C=O) groups excluding carboxylic acids is 1. The lowest BCUT2D eigenvalue weighted by atomic mass is 10.0. The second-order valence-corrected chi connectivity index (χ2v) is 4.55. The number of nitrogens with zero attached hydrogens (tertiary/aromatic N) is 2. The first-order valence-corrected chi connectivity index (χ1v) is 5.47. The number of rotatable bonds is 6. The molecule has 1 rings (SSSR count). The highest BCUT2D eigenvalue weighted by molar-refractivity contribution is 5.74. The number of aromatic nitrogens is 2. The summed E-state index contributed by atoms with van der Waals surface area (Å²) < 4.78 is 2.06. The number of hydrogen-bond donors (Lipinski definition) is 2. The number of hydrogen-bond acceptors (Lipinski definition) is 3. The predicted octanol–water partition coefficient (Wildman–Crippen LogP) is 0.647. The summed E-state index contributed by atoms with van der Waals surface area (Å²) in [6.07, 6.45) is 3.96. The van der Waals surface area contributed by atoms with E-state index >= 15 is 0 Å². The fourth-order valence-electron chi connectivity index (χ4n) is 1.61. The second-order valence-electron chi connectivity index (χ2n) is 4.55. The number of aryl methyl sites for hydroxylation is 1. The molecule has 0 spiro atoms. The minimum atomic E-state index is -0.290. The fourth-order valence-corrected chi connectivity index (χ4v) is 1.61. The summed E-state index contributed by atoms with van der Waals surface area (Å²) in [6, 6.07) is 0. The van der Waals surface area contributed by atoms with Crippen molar-refractivity contribution in [2.75, 3.05) is 0 Å². The van der Waals surface area contributed by atoms with Crippen molar-refractivity contribution in [1.82, 2.24) is 14.9 Å². The maximum absolute atomic E-state index is 10.9. The lowest BCUT2D eigenvalue weighted by molar-refractivity contribution is -0.119. The first-order valence-electron chi connectivity index (χ1n) is 5.47. The Balaban J connectivity index is 2.53. The van der Waals surface area contributed by atoms with Crippen molar-refractivity contribution >= 4 is 5.91 Å². The van der Waals surface area contributed by atoms with Crippen LogP contribution in [0.4, 0.5) is 0 Å². The summed E-state index contributed by atoms with van der Waals surface area (Å²) in [5.74, 6) is -0.290. The smallest absolute Gasteiger partial charge is 0.219 e. The van der Waals surface area contributed by atoms with Gasteiger partial charge in [0.1, 0.15) is 0 Å². The molecule has 0 aliphatic rings. The number of amides is 1. The van der Waals surface area contributed by atoms with Crippen LogP contribution in [0.25, 0.3) is 0 Å². The van der Waals surface area contributed by atoms with Gasteiger partial charge >= 0.3 is 0 Å². The number of nitrogens with two attached hydrogens (primary N) is 1. The van der Waals surface area contributed by atoms with Crippen molar-refractivity contribution in [3.05, 3.63) is 18.2 Å². The molecule has 1 aromatic heterocycles. The molecule has 1 aromatic rings. The minimum absolute atomic E-state index is 0.283. The zero-order chi connectivity index (χ0) is 12.2. The zero-order valence-electron chi connectivity index (χ0n) is 10.2. The van der Waals surface area contributed by atoms with Gasteiger partial charge in [0.2, 0.25) is 5.91 Å². The first kappa shape index (κ1) is 12.7. The molecule has 5 nitrogen and oxygen atoms in total. The Morgan fingerprint density at radius 1 is 1.62 bits per heavy atom. The van der Waals surface area contributed by atoms with Crippen molar-refractivity contribution in [3.63, 3.8) is 0 Å². The van der Waals surface area contributed by atoms with E-state index in [0.29, 0.717) is 13.0 Å². The van der Waals surface area contributed by atoms with Crippen LogP contribution < -0.4 is 11.1 Å². The van der Waals surface area contributed by atoms with E-state index in [0.717, 1.165) is 12.2 Å². The monoisotopic (exact) mass is 224 g/mol. The van der Waals surface area contributed by atoms with Crippen LogP contribution in [-0.4, -0.2) is 21.0 Å². The normalized spacial score (nSPS) is 11.7. The Morgan fingerprint density at radius 2 is 2.31 bits per heavy atom. The Bertz CT molecular complexity index is 357. The largest absolute Gasteiger partial charge is 0.370 e. The van der Waals surface area contributed by atoms with Gasteiger partial charge in [0.05, 0.1) is 12.0 Å². The molecule has 0 atom stereocenters. The highest BCUT2D eigenvalue weighted by Crippen LogP contribution is 2.09. The van der Waals surface area contributed by atoms with Gasteiger partial charge in [-0.15, -0.1) is 0 Å². The van der Waals surface area contributed by atoms with E-state index in [4.69, 9.17) is 5.73 Å². The fraction of sp³-hybridized carbons (Fsp3) is 0.636.